The van der Waals surface area contributed by atoms with E-state index in [1.807, 2.05) is 12.3 Å². The lowest BCUT2D eigenvalue weighted by atomic mass is 9.94. The predicted molar refractivity (Wildman–Crippen MR) is 130 cm³/mol. The third kappa shape index (κ3) is 5.23. The van der Waals surface area contributed by atoms with Gasteiger partial charge in [-0.3, -0.25) is 14.7 Å². The van der Waals surface area contributed by atoms with Crippen molar-refractivity contribution < 1.29 is 14.3 Å². The van der Waals surface area contributed by atoms with E-state index in [-0.39, 0.29) is 18.0 Å². The number of carbonyl (C=O) groups excluding carboxylic acids is 2. The number of aryl methyl sites for hydroxylation is 1. The second-order valence-corrected chi connectivity index (χ2v) is 9.57. The molecule has 0 bridgehead atoms. The van der Waals surface area contributed by atoms with Crippen LogP contribution in [-0.4, -0.2) is 60.2 Å². The van der Waals surface area contributed by atoms with Crippen LogP contribution in [-0.2, 0) is 9.53 Å². The number of aromatic nitrogens is 1. The SMILES string of the molecule is CCCCOC(=O)N1CCC[C@H]1C(=O)N[C@@H]1C[C@H](C)CN(c2ccc(C)c3ncccc23)C1. The van der Waals surface area contributed by atoms with Gasteiger partial charge in [0, 0.05) is 42.9 Å². The van der Waals surface area contributed by atoms with Crippen LogP contribution in [0.15, 0.2) is 30.5 Å². The number of fused-ring (bicyclic) bond motifs is 1. The van der Waals surface area contributed by atoms with E-state index in [2.05, 4.69) is 54.2 Å². The molecule has 0 spiro atoms. The zero-order valence-electron chi connectivity index (χ0n) is 20.0. The van der Waals surface area contributed by atoms with Gasteiger partial charge in [0.1, 0.15) is 6.04 Å². The van der Waals surface area contributed by atoms with Gasteiger partial charge in [-0.05, 0) is 62.3 Å². The zero-order chi connectivity index (χ0) is 23.4. The number of hydrogen-bond acceptors (Lipinski definition) is 5. The molecule has 33 heavy (non-hydrogen) atoms. The molecule has 2 aliphatic rings. The van der Waals surface area contributed by atoms with E-state index in [1.165, 1.54) is 0 Å². The summed E-state index contributed by atoms with van der Waals surface area (Å²) in [6, 6.07) is 7.99. The molecular formula is C26H36N4O3. The summed E-state index contributed by atoms with van der Waals surface area (Å²) in [5, 5.41) is 4.40. The maximum absolute atomic E-state index is 13.2. The van der Waals surface area contributed by atoms with Crippen molar-refractivity contribution in [2.75, 3.05) is 31.1 Å². The molecule has 0 aliphatic carbocycles. The van der Waals surface area contributed by atoms with E-state index in [1.54, 1.807) is 4.90 Å². The molecule has 0 radical (unpaired) electrons. The van der Waals surface area contributed by atoms with Gasteiger partial charge in [-0.1, -0.05) is 26.3 Å². The van der Waals surface area contributed by atoms with Crippen LogP contribution in [0.5, 0.6) is 0 Å². The Morgan fingerprint density at radius 3 is 2.91 bits per heavy atom. The molecule has 1 aromatic carbocycles. The molecule has 2 aliphatic heterocycles. The number of carbonyl (C=O) groups is 2. The van der Waals surface area contributed by atoms with E-state index in [0.29, 0.717) is 25.5 Å². The largest absolute Gasteiger partial charge is 0.449 e. The number of anilines is 1. The van der Waals surface area contributed by atoms with Gasteiger partial charge in [0.25, 0.3) is 0 Å². The van der Waals surface area contributed by atoms with Crippen molar-refractivity contribution in [3.8, 4) is 0 Å². The van der Waals surface area contributed by atoms with Crippen LogP contribution >= 0.6 is 0 Å². The van der Waals surface area contributed by atoms with E-state index < -0.39 is 6.04 Å². The Kier molecular flexibility index (Phi) is 7.36. The lowest BCUT2D eigenvalue weighted by Crippen LogP contribution is -2.54. The molecule has 0 unspecified atom stereocenters. The molecule has 4 rings (SSSR count). The number of piperidine rings is 1. The third-order valence-corrected chi connectivity index (χ3v) is 6.81. The van der Waals surface area contributed by atoms with Gasteiger partial charge in [0.05, 0.1) is 12.1 Å². The van der Waals surface area contributed by atoms with Crippen LogP contribution in [0.2, 0.25) is 0 Å². The Morgan fingerprint density at radius 1 is 1.24 bits per heavy atom. The topological polar surface area (TPSA) is 74.8 Å². The molecule has 7 nitrogen and oxygen atoms in total. The summed E-state index contributed by atoms with van der Waals surface area (Å²) in [4.78, 5) is 34.2. The average Bonchev–Trinajstić information content (AvgIpc) is 3.29. The van der Waals surface area contributed by atoms with Crippen molar-refractivity contribution in [1.29, 1.82) is 0 Å². The molecule has 1 aromatic heterocycles. The predicted octanol–water partition coefficient (Wildman–Crippen LogP) is 4.28. The number of rotatable bonds is 6. The molecule has 0 saturated carbocycles. The molecule has 3 heterocycles. The summed E-state index contributed by atoms with van der Waals surface area (Å²) in [5.41, 5.74) is 3.35. The number of ether oxygens (including phenoxy) is 1. The Balaban J connectivity index is 1.44. The highest BCUT2D eigenvalue weighted by atomic mass is 16.6. The summed E-state index contributed by atoms with van der Waals surface area (Å²) in [6.45, 7) is 9.06. The van der Waals surface area contributed by atoms with Crippen molar-refractivity contribution >= 4 is 28.6 Å². The Morgan fingerprint density at radius 2 is 2.09 bits per heavy atom. The summed E-state index contributed by atoms with van der Waals surface area (Å²) in [5.74, 6) is 0.380. The van der Waals surface area contributed by atoms with Crippen molar-refractivity contribution in [3.63, 3.8) is 0 Å². The lowest BCUT2D eigenvalue weighted by Gasteiger charge is -2.39. The van der Waals surface area contributed by atoms with E-state index in [9.17, 15) is 9.59 Å². The number of hydrogen-bond donors (Lipinski definition) is 1. The minimum Gasteiger partial charge on any atom is -0.449 e. The molecular weight excluding hydrogens is 416 g/mol. The van der Waals surface area contributed by atoms with Crippen molar-refractivity contribution in [3.05, 3.63) is 36.0 Å². The van der Waals surface area contributed by atoms with Gasteiger partial charge >= 0.3 is 6.09 Å². The molecule has 2 fully saturated rings. The molecule has 2 saturated heterocycles. The van der Waals surface area contributed by atoms with Gasteiger partial charge in [0.15, 0.2) is 0 Å². The van der Waals surface area contributed by atoms with Crippen LogP contribution in [0, 0.1) is 12.8 Å². The number of benzene rings is 1. The first-order valence-corrected chi connectivity index (χ1v) is 12.3. The van der Waals surface area contributed by atoms with Gasteiger partial charge in [-0.2, -0.15) is 0 Å². The van der Waals surface area contributed by atoms with Crippen molar-refractivity contribution in [2.24, 2.45) is 5.92 Å². The Labute approximate surface area is 196 Å². The van der Waals surface area contributed by atoms with Gasteiger partial charge < -0.3 is 15.0 Å². The van der Waals surface area contributed by atoms with Crippen LogP contribution in [0.25, 0.3) is 10.9 Å². The monoisotopic (exact) mass is 452 g/mol. The highest BCUT2D eigenvalue weighted by molar-refractivity contribution is 5.94. The van der Waals surface area contributed by atoms with E-state index >= 15 is 0 Å². The van der Waals surface area contributed by atoms with Crippen molar-refractivity contribution in [1.82, 2.24) is 15.2 Å². The summed E-state index contributed by atoms with van der Waals surface area (Å²) in [7, 11) is 0. The molecule has 2 amide bonds. The fourth-order valence-electron chi connectivity index (χ4n) is 5.17. The fourth-order valence-corrected chi connectivity index (χ4v) is 5.17. The zero-order valence-corrected chi connectivity index (χ0v) is 20.0. The first-order chi connectivity index (χ1) is 16.0. The first-order valence-electron chi connectivity index (χ1n) is 12.3. The smallest absolute Gasteiger partial charge is 0.410 e. The number of amides is 2. The minimum atomic E-state index is -0.436. The van der Waals surface area contributed by atoms with Crippen LogP contribution < -0.4 is 10.2 Å². The van der Waals surface area contributed by atoms with Gasteiger partial charge in [-0.15, -0.1) is 0 Å². The summed E-state index contributed by atoms with van der Waals surface area (Å²) >= 11 is 0. The molecule has 7 heteroatoms. The summed E-state index contributed by atoms with van der Waals surface area (Å²) in [6.07, 6.45) is 5.73. The number of unbranched alkanes of at least 4 members (excludes halogenated alkanes) is 1. The van der Waals surface area contributed by atoms with Crippen LogP contribution in [0.1, 0.15) is 51.5 Å². The quantitative estimate of drug-likeness (QED) is 0.663. The standard InChI is InChI=1S/C26H36N4O3/c1-4-5-14-33-26(32)30-13-7-9-23(30)25(31)28-20-15-18(2)16-29(17-20)22-11-10-19(3)24-21(22)8-6-12-27-24/h6,8,10-12,18,20,23H,4-5,7,9,13-17H2,1-3H3,(H,28,31)/t18-,20+,23-/m0/s1. The third-order valence-electron chi connectivity index (χ3n) is 6.81. The Bertz CT molecular complexity index is 995. The number of likely N-dealkylation sites (tertiary alicyclic amines) is 1. The van der Waals surface area contributed by atoms with Gasteiger partial charge in [0.2, 0.25) is 5.91 Å². The maximum atomic E-state index is 13.2. The highest BCUT2D eigenvalue weighted by Gasteiger charge is 2.37. The highest BCUT2D eigenvalue weighted by Crippen LogP contribution is 2.31. The number of pyridine rings is 1. The second kappa shape index (κ2) is 10.4. The number of nitrogens with one attached hydrogen (secondary N) is 1. The molecule has 2 aromatic rings. The first kappa shape index (κ1) is 23.3. The minimum absolute atomic E-state index is 0.0350. The summed E-state index contributed by atoms with van der Waals surface area (Å²) < 4.78 is 5.37. The van der Waals surface area contributed by atoms with E-state index in [0.717, 1.165) is 60.9 Å². The Hall–Kier alpha value is -2.83. The molecule has 3 atom stereocenters. The normalized spacial score (nSPS) is 23.1. The molecule has 1 N–H and O–H groups in total. The van der Waals surface area contributed by atoms with Crippen molar-refractivity contribution in [2.45, 2.75) is 65.0 Å². The second-order valence-electron chi connectivity index (χ2n) is 9.57. The lowest BCUT2D eigenvalue weighted by molar-refractivity contribution is -0.126. The fraction of sp³-hybridized carbons (Fsp3) is 0.577. The molecule has 178 valence electrons. The van der Waals surface area contributed by atoms with Gasteiger partial charge in [-0.25, -0.2) is 4.79 Å². The van der Waals surface area contributed by atoms with E-state index in [4.69, 9.17) is 4.74 Å². The average molecular weight is 453 g/mol. The maximum Gasteiger partial charge on any atom is 0.410 e. The van der Waals surface area contributed by atoms with Crippen LogP contribution in [0.4, 0.5) is 10.5 Å². The van der Waals surface area contributed by atoms with Crippen LogP contribution in [0.3, 0.4) is 0 Å². The number of nitrogens with zero attached hydrogens (tertiary/aromatic N) is 3.